The summed E-state index contributed by atoms with van der Waals surface area (Å²) in [5.74, 6) is 0. The van der Waals surface area contributed by atoms with E-state index >= 15 is 0 Å². The molecular formula is C28H29N. The van der Waals surface area contributed by atoms with Gasteiger partial charge in [0.15, 0.2) is 0 Å². The van der Waals surface area contributed by atoms with Gasteiger partial charge in [-0.05, 0) is 83.3 Å². The van der Waals surface area contributed by atoms with Gasteiger partial charge in [-0.1, -0.05) is 84.9 Å². The van der Waals surface area contributed by atoms with Gasteiger partial charge in [-0.3, -0.25) is 0 Å². The van der Waals surface area contributed by atoms with Crippen molar-refractivity contribution in [3.05, 3.63) is 107 Å². The Kier molecular flexibility index (Phi) is 6.00. The minimum atomic E-state index is 0. The highest BCUT2D eigenvalue weighted by atomic mass is 14.2. The smallest absolute Gasteiger partial charge is 0.00267 e. The molecule has 0 amide bonds. The molecule has 0 spiro atoms. The summed E-state index contributed by atoms with van der Waals surface area (Å²) in [6.45, 7) is 8.73. The number of hydrogen-bond acceptors (Lipinski definition) is 1. The van der Waals surface area contributed by atoms with Gasteiger partial charge in [0.25, 0.3) is 0 Å². The van der Waals surface area contributed by atoms with Gasteiger partial charge in [0.05, 0.1) is 0 Å². The van der Waals surface area contributed by atoms with Crippen LogP contribution < -0.4 is 6.15 Å². The lowest BCUT2D eigenvalue weighted by atomic mass is 9.86. The normalized spacial score (nSPS) is 10.5. The van der Waals surface area contributed by atoms with Gasteiger partial charge in [0.2, 0.25) is 0 Å². The van der Waals surface area contributed by atoms with Gasteiger partial charge in [0, 0.05) is 0 Å². The molecule has 3 N–H and O–H groups in total. The first-order valence-corrected chi connectivity index (χ1v) is 9.88. The molecule has 4 aromatic carbocycles. The van der Waals surface area contributed by atoms with Crippen LogP contribution in [-0.4, -0.2) is 0 Å². The van der Waals surface area contributed by atoms with E-state index in [0.717, 1.165) is 0 Å². The van der Waals surface area contributed by atoms with E-state index in [1.165, 1.54) is 55.6 Å². The summed E-state index contributed by atoms with van der Waals surface area (Å²) in [5, 5.41) is 0. The molecule has 1 heteroatoms. The van der Waals surface area contributed by atoms with E-state index in [9.17, 15) is 0 Å². The van der Waals surface area contributed by atoms with Crippen molar-refractivity contribution in [3.8, 4) is 33.4 Å². The maximum Gasteiger partial charge on any atom is -0.00267 e. The number of hydrogen-bond donors (Lipinski definition) is 1. The van der Waals surface area contributed by atoms with Crippen molar-refractivity contribution in [1.29, 1.82) is 0 Å². The fourth-order valence-corrected chi connectivity index (χ4v) is 3.77. The molecule has 1 nitrogen and oxygen atoms in total. The van der Waals surface area contributed by atoms with E-state index < -0.39 is 0 Å². The summed E-state index contributed by atoms with van der Waals surface area (Å²) in [6, 6.07) is 31.0. The summed E-state index contributed by atoms with van der Waals surface area (Å²) in [7, 11) is 0. The van der Waals surface area contributed by atoms with Gasteiger partial charge in [-0.2, -0.15) is 0 Å². The molecule has 0 aliphatic carbocycles. The second kappa shape index (κ2) is 8.46. The molecule has 0 aromatic heterocycles. The molecule has 0 aliphatic heterocycles. The Morgan fingerprint density at radius 2 is 0.931 bits per heavy atom. The van der Waals surface area contributed by atoms with Crippen LogP contribution >= 0.6 is 0 Å². The third-order valence-electron chi connectivity index (χ3n) is 5.76. The zero-order valence-corrected chi connectivity index (χ0v) is 17.8. The first kappa shape index (κ1) is 20.6. The Hall–Kier alpha value is -3.16. The topological polar surface area (TPSA) is 35.0 Å². The highest BCUT2D eigenvalue weighted by Crippen LogP contribution is 2.40. The second-order valence-corrected chi connectivity index (χ2v) is 7.69. The van der Waals surface area contributed by atoms with Gasteiger partial charge in [0.1, 0.15) is 0 Å². The van der Waals surface area contributed by atoms with Crippen LogP contribution in [0.1, 0.15) is 22.3 Å². The van der Waals surface area contributed by atoms with E-state index in [0.29, 0.717) is 0 Å². The predicted molar refractivity (Wildman–Crippen MR) is 127 cm³/mol. The maximum atomic E-state index is 2.32. The summed E-state index contributed by atoms with van der Waals surface area (Å²) in [6.07, 6.45) is 0. The second-order valence-electron chi connectivity index (χ2n) is 7.69. The zero-order valence-electron chi connectivity index (χ0n) is 17.8. The predicted octanol–water partition coefficient (Wildman–Crippen LogP) is 8.08. The molecular weight excluding hydrogens is 350 g/mol. The monoisotopic (exact) mass is 379 g/mol. The molecule has 0 fully saturated rings. The van der Waals surface area contributed by atoms with Crippen molar-refractivity contribution in [3.63, 3.8) is 0 Å². The van der Waals surface area contributed by atoms with Gasteiger partial charge in [-0.15, -0.1) is 0 Å². The Morgan fingerprint density at radius 1 is 0.414 bits per heavy atom. The van der Waals surface area contributed by atoms with Crippen LogP contribution in [0.25, 0.3) is 33.4 Å². The highest BCUT2D eigenvalue weighted by molar-refractivity contribution is 5.94. The molecule has 29 heavy (non-hydrogen) atoms. The van der Waals surface area contributed by atoms with Crippen molar-refractivity contribution in [2.24, 2.45) is 0 Å². The molecule has 0 unspecified atom stereocenters. The molecule has 4 aromatic rings. The van der Waals surface area contributed by atoms with Crippen LogP contribution in [0.3, 0.4) is 0 Å². The van der Waals surface area contributed by atoms with Crippen LogP contribution in [0.5, 0.6) is 0 Å². The Morgan fingerprint density at radius 3 is 1.52 bits per heavy atom. The summed E-state index contributed by atoms with van der Waals surface area (Å²) in [5.41, 5.74) is 13.0. The Labute approximate surface area is 174 Å². The average molecular weight is 380 g/mol. The molecule has 0 bridgehead atoms. The molecule has 0 atom stereocenters. The lowest BCUT2D eigenvalue weighted by Crippen LogP contribution is -1.93. The van der Waals surface area contributed by atoms with Crippen LogP contribution in [0, 0.1) is 27.7 Å². The summed E-state index contributed by atoms with van der Waals surface area (Å²) >= 11 is 0. The molecule has 0 saturated carbocycles. The number of aryl methyl sites for hydroxylation is 4. The van der Waals surface area contributed by atoms with Crippen LogP contribution in [0.2, 0.25) is 0 Å². The number of benzene rings is 4. The van der Waals surface area contributed by atoms with Crippen molar-refractivity contribution >= 4 is 0 Å². The molecule has 0 heterocycles. The Balaban J connectivity index is 0.00000240. The highest BCUT2D eigenvalue weighted by Gasteiger charge is 2.15. The zero-order chi connectivity index (χ0) is 19.7. The van der Waals surface area contributed by atoms with E-state index in [1.54, 1.807) is 0 Å². The Bertz CT molecular complexity index is 1140. The quantitative estimate of drug-likeness (QED) is 0.383. The molecule has 0 radical (unpaired) electrons. The van der Waals surface area contributed by atoms with Crippen molar-refractivity contribution in [1.82, 2.24) is 6.15 Å². The average Bonchev–Trinajstić information content (AvgIpc) is 2.72. The number of rotatable bonds is 3. The first-order valence-electron chi connectivity index (χ1n) is 9.88. The summed E-state index contributed by atoms with van der Waals surface area (Å²) in [4.78, 5) is 0. The lowest BCUT2D eigenvalue weighted by molar-refractivity contribution is 1.33. The van der Waals surface area contributed by atoms with E-state index in [4.69, 9.17) is 0 Å². The molecule has 0 saturated heterocycles. The van der Waals surface area contributed by atoms with Crippen LogP contribution in [-0.2, 0) is 0 Å². The third-order valence-corrected chi connectivity index (χ3v) is 5.76. The van der Waals surface area contributed by atoms with Gasteiger partial charge >= 0.3 is 0 Å². The van der Waals surface area contributed by atoms with Crippen molar-refractivity contribution < 1.29 is 0 Å². The standard InChI is InChI=1S/C28H26.H3N/c1-19-13-15-24(17-21(19)3)27-12-8-11-26(23-9-6-5-7-10-23)28(27)25-16-14-20(2)22(4)18-25;/h5-18H,1-4H3;1H3. The van der Waals surface area contributed by atoms with Crippen molar-refractivity contribution in [2.45, 2.75) is 27.7 Å². The van der Waals surface area contributed by atoms with E-state index in [1.807, 2.05) is 0 Å². The summed E-state index contributed by atoms with van der Waals surface area (Å²) < 4.78 is 0. The maximum absolute atomic E-state index is 2.32. The third kappa shape index (κ3) is 4.01. The fourth-order valence-electron chi connectivity index (χ4n) is 3.77. The molecule has 0 aliphatic rings. The fraction of sp³-hybridized carbons (Fsp3) is 0.143. The van der Waals surface area contributed by atoms with E-state index in [2.05, 4.69) is 113 Å². The van der Waals surface area contributed by atoms with Crippen LogP contribution in [0.4, 0.5) is 0 Å². The first-order chi connectivity index (χ1) is 13.5. The SMILES string of the molecule is Cc1ccc(-c2cccc(-c3ccccc3)c2-c2ccc(C)c(C)c2)cc1C.N. The van der Waals surface area contributed by atoms with Gasteiger partial charge in [-0.25, -0.2) is 0 Å². The van der Waals surface area contributed by atoms with Crippen LogP contribution in [0.15, 0.2) is 84.9 Å². The largest absolute Gasteiger partial charge is 0.344 e. The van der Waals surface area contributed by atoms with Gasteiger partial charge < -0.3 is 6.15 Å². The molecule has 4 rings (SSSR count). The lowest BCUT2D eigenvalue weighted by Gasteiger charge is -2.18. The minimum absolute atomic E-state index is 0. The van der Waals surface area contributed by atoms with E-state index in [-0.39, 0.29) is 6.15 Å². The minimum Gasteiger partial charge on any atom is -0.344 e. The molecule has 146 valence electrons. The van der Waals surface area contributed by atoms with Crippen molar-refractivity contribution in [2.75, 3.05) is 0 Å².